The van der Waals surface area contributed by atoms with E-state index in [1.54, 1.807) is 11.8 Å². The maximum Gasteiger partial charge on any atom is 0.121 e. The van der Waals surface area contributed by atoms with Gasteiger partial charge in [0.25, 0.3) is 0 Å². The second-order valence-corrected chi connectivity index (χ2v) is 3.43. The van der Waals surface area contributed by atoms with Crippen molar-refractivity contribution >= 4 is 10.9 Å². The number of rotatable bonds is 3. The minimum atomic E-state index is 0.140. The van der Waals surface area contributed by atoms with Gasteiger partial charge in [-0.3, -0.25) is 4.68 Å². The number of hydrogen-bond donors (Lipinski definition) is 1. The molecule has 4 heteroatoms. The maximum absolute atomic E-state index is 8.96. The van der Waals surface area contributed by atoms with Crippen molar-refractivity contribution < 1.29 is 9.84 Å². The lowest BCUT2D eigenvalue weighted by Crippen LogP contribution is -2.00. The normalized spacial score (nSPS) is 10.9. The van der Waals surface area contributed by atoms with Crippen LogP contribution in [0.1, 0.15) is 5.69 Å². The van der Waals surface area contributed by atoms with Gasteiger partial charge < -0.3 is 9.84 Å². The molecule has 2 rings (SSSR count). The predicted octanol–water partition coefficient (Wildman–Crippen LogP) is 1.12. The molecule has 1 aromatic carbocycles. The zero-order valence-corrected chi connectivity index (χ0v) is 8.90. The summed E-state index contributed by atoms with van der Waals surface area (Å²) in [6, 6.07) is 5.78. The van der Waals surface area contributed by atoms with Crippen LogP contribution in [0.3, 0.4) is 0 Å². The summed E-state index contributed by atoms with van der Waals surface area (Å²) in [6.45, 7) is 0.140. The number of nitrogens with zero attached hydrogens (tertiary/aromatic N) is 2. The molecule has 1 N–H and O–H groups in total. The molecule has 0 spiro atoms. The monoisotopic (exact) mass is 206 g/mol. The molecule has 0 fully saturated rings. The van der Waals surface area contributed by atoms with Crippen molar-refractivity contribution in [3.05, 3.63) is 23.9 Å². The maximum atomic E-state index is 8.96. The van der Waals surface area contributed by atoms with E-state index in [1.165, 1.54) is 0 Å². The smallest absolute Gasteiger partial charge is 0.121 e. The average molecular weight is 206 g/mol. The third kappa shape index (κ3) is 1.68. The van der Waals surface area contributed by atoms with Gasteiger partial charge in [0.1, 0.15) is 5.75 Å². The van der Waals surface area contributed by atoms with E-state index in [9.17, 15) is 0 Å². The van der Waals surface area contributed by atoms with Crippen LogP contribution in [0, 0.1) is 0 Å². The number of aromatic nitrogens is 2. The van der Waals surface area contributed by atoms with Gasteiger partial charge in [0, 0.05) is 37.2 Å². The van der Waals surface area contributed by atoms with Gasteiger partial charge in [-0.2, -0.15) is 5.10 Å². The first-order chi connectivity index (χ1) is 7.26. The summed E-state index contributed by atoms with van der Waals surface area (Å²) in [6.07, 6.45) is 0.624. The lowest BCUT2D eigenvalue weighted by Gasteiger charge is -2.00. The number of fused-ring (bicyclic) bond motifs is 1. The van der Waals surface area contributed by atoms with Crippen LogP contribution in [-0.4, -0.2) is 28.6 Å². The fourth-order valence-corrected chi connectivity index (χ4v) is 1.76. The highest BCUT2D eigenvalue weighted by Gasteiger charge is 2.08. The van der Waals surface area contributed by atoms with Gasteiger partial charge in [-0.1, -0.05) is 0 Å². The van der Waals surface area contributed by atoms with Gasteiger partial charge >= 0.3 is 0 Å². The summed E-state index contributed by atoms with van der Waals surface area (Å²) in [4.78, 5) is 0. The first-order valence-corrected chi connectivity index (χ1v) is 4.86. The first-order valence-electron chi connectivity index (χ1n) is 4.86. The number of methoxy groups -OCH3 is 1. The molecule has 0 radical (unpaired) electrons. The highest BCUT2D eigenvalue weighted by Crippen LogP contribution is 2.22. The molecule has 0 aliphatic carbocycles. The number of aryl methyl sites for hydroxylation is 1. The molecule has 0 unspecified atom stereocenters. The summed E-state index contributed by atoms with van der Waals surface area (Å²) < 4.78 is 6.94. The van der Waals surface area contributed by atoms with E-state index in [2.05, 4.69) is 5.10 Å². The Morgan fingerprint density at radius 3 is 2.93 bits per heavy atom. The number of benzene rings is 1. The zero-order chi connectivity index (χ0) is 10.8. The van der Waals surface area contributed by atoms with Crippen molar-refractivity contribution in [1.29, 1.82) is 0 Å². The van der Waals surface area contributed by atoms with Crippen LogP contribution >= 0.6 is 0 Å². The molecule has 0 aliphatic rings. The summed E-state index contributed by atoms with van der Waals surface area (Å²) in [5, 5.41) is 14.4. The molecule has 1 heterocycles. The molecule has 0 saturated carbocycles. The molecular weight excluding hydrogens is 192 g/mol. The van der Waals surface area contributed by atoms with E-state index in [1.807, 2.05) is 25.2 Å². The van der Waals surface area contributed by atoms with E-state index in [4.69, 9.17) is 9.84 Å². The van der Waals surface area contributed by atoms with Crippen molar-refractivity contribution in [3.8, 4) is 5.75 Å². The standard InChI is InChI=1S/C11H14N2O2/c1-13-11(5-6-14)9-4-3-8(15-2)7-10(9)12-13/h3-4,7,14H,5-6H2,1-2H3. The summed E-state index contributed by atoms with van der Waals surface area (Å²) in [7, 11) is 3.52. The van der Waals surface area contributed by atoms with Crippen molar-refractivity contribution in [1.82, 2.24) is 9.78 Å². The Kier molecular flexibility index (Phi) is 2.60. The third-order valence-electron chi connectivity index (χ3n) is 2.51. The molecule has 0 bridgehead atoms. The van der Waals surface area contributed by atoms with Crippen molar-refractivity contribution in [2.24, 2.45) is 7.05 Å². The summed E-state index contributed by atoms with van der Waals surface area (Å²) >= 11 is 0. The van der Waals surface area contributed by atoms with Crippen molar-refractivity contribution in [3.63, 3.8) is 0 Å². The number of aliphatic hydroxyl groups excluding tert-OH is 1. The van der Waals surface area contributed by atoms with Crippen LogP contribution < -0.4 is 4.74 Å². The van der Waals surface area contributed by atoms with Crippen LogP contribution in [-0.2, 0) is 13.5 Å². The lowest BCUT2D eigenvalue weighted by molar-refractivity contribution is 0.296. The second kappa shape index (κ2) is 3.90. The molecule has 0 atom stereocenters. The van der Waals surface area contributed by atoms with Gasteiger partial charge in [0.05, 0.1) is 12.6 Å². The Bertz CT molecular complexity index is 477. The molecule has 1 aromatic heterocycles. The van der Waals surface area contributed by atoms with Gasteiger partial charge in [-0.15, -0.1) is 0 Å². The highest BCUT2D eigenvalue weighted by atomic mass is 16.5. The topological polar surface area (TPSA) is 47.3 Å². The molecule has 0 aliphatic heterocycles. The molecular formula is C11H14N2O2. The lowest BCUT2D eigenvalue weighted by atomic mass is 10.1. The Hall–Kier alpha value is -1.55. The zero-order valence-electron chi connectivity index (χ0n) is 8.90. The minimum absolute atomic E-state index is 0.140. The Labute approximate surface area is 88.1 Å². The van der Waals surface area contributed by atoms with E-state index in [0.717, 1.165) is 22.3 Å². The molecule has 0 amide bonds. The first kappa shape index (κ1) is 9.98. The quantitative estimate of drug-likeness (QED) is 0.818. The fraction of sp³-hybridized carbons (Fsp3) is 0.364. The number of aliphatic hydroxyl groups is 1. The van der Waals surface area contributed by atoms with Gasteiger partial charge in [0.15, 0.2) is 0 Å². The van der Waals surface area contributed by atoms with Crippen LogP contribution in [0.5, 0.6) is 5.75 Å². The molecule has 4 nitrogen and oxygen atoms in total. The highest BCUT2D eigenvalue weighted by molar-refractivity contribution is 5.83. The van der Waals surface area contributed by atoms with Crippen LogP contribution in [0.4, 0.5) is 0 Å². The summed E-state index contributed by atoms with van der Waals surface area (Å²) in [5.41, 5.74) is 1.95. The number of hydrogen-bond acceptors (Lipinski definition) is 3. The van der Waals surface area contributed by atoms with Crippen LogP contribution in [0.2, 0.25) is 0 Å². The van der Waals surface area contributed by atoms with Crippen molar-refractivity contribution in [2.75, 3.05) is 13.7 Å². The van der Waals surface area contributed by atoms with Crippen LogP contribution in [0.25, 0.3) is 10.9 Å². The third-order valence-corrected chi connectivity index (χ3v) is 2.51. The van der Waals surface area contributed by atoms with Crippen LogP contribution in [0.15, 0.2) is 18.2 Å². The molecule has 0 saturated heterocycles. The number of ether oxygens (including phenoxy) is 1. The van der Waals surface area contributed by atoms with E-state index in [0.29, 0.717) is 6.42 Å². The van der Waals surface area contributed by atoms with Crippen molar-refractivity contribution in [2.45, 2.75) is 6.42 Å². The fourth-order valence-electron chi connectivity index (χ4n) is 1.76. The largest absolute Gasteiger partial charge is 0.497 e. The van der Waals surface area contributed by atoms with Gasteiger partial charge in [-0.25, -0.2) is 0 Å². The average Bonchev–Trinajstić information content (AvgIpc) is 2.55. The Morgan fingerprint density at radius 1 is 1.47 bits per heavy atom. The SMILES string of the molecule is COc1ccc2c(CCO)n(C)nc2c1. The molecule has 2 aromatic rings. The molecule has 80 valence electrons. The van der Waals surface area contributed by atoms with Gasteiger partial charge in [-0.05, 0) is 12.1 Å². The van der Waals surface area contributed by atoms with E-state index >= 15 is 0 Å². The van der Waals surface area contributed by atoms with Gasteiger partial charge in [0.2, 0.25) is 0 Å². The van der Waals surface area contributed by atoms with E-state index < -0.39 is 0 Å². The van der Waals surface area contributed by atoms with E-state index in [-0.39, 0.29) is 6.61 Å². The predicted molar refractivity (Wildman–Crippen MR) is 58.1 cm³/mol. The second-order valence-electron chi connectivity index (χ2n) is 3.43. The minimum Gasteiger partial charge on any atom is -0.497 e. The Balaban J connectivity index is 2.58. The summed E-state index contributed by atoms with van der Waals surface area (Å²) in [5.74, 6) is 0.802. The molecule has 15 heavy (non-hydrogen) atoms. The Morgan fingerprint density at radius 2 is 2.27 bits per heavy atom.